The van der Waals surface area contributed by atoms with Crippen LogP contribution in [0.2, 0.25) is 5.02 Å². The maximum Gasteiger partial charge on any atom is 0.267 e. The summed E-state index contributed by atoms with van der Waals surface area (Å²) in [5, 5.41) is 13.4. The van der Waals surface area contributed by atoms with Crippen molar-refractivity contribution in [2.24, 2.45) is 0 Å². The highest BCUT2D eigenvalue weighted by Gasteiger charge is 2.21. The number of nitrogens with one attached hydrogen (secondary N) is 1. The molecule has 0 radical (unpaired) electrons. The van der Waals surface area contributed by atoms with E-state index in [1.807, 2.05) is 55.5 Å². The third-order valence-electron chi connectivity index (χ3n) is 5.95. The lowest BCUT2D eigenvalue weighted by Gasteiger charge is -2.21. The zero-order chi connectivity index (χ0) is 26.6. The van der Waals surface area contributed by atoms with Gasteiger partial charge in [-0.1, -0.05) is 59.8 Å². The maximum atomic E-state index is 13.7. The lowest BCUT2D eigenvalue weighted by atomic mass is 10.1. The van der Waals surface area contributed by atoms with Gasteiger partial charge in [-0.05, 0) is 48.9 Å². The fraction of sp³-hybridized carbons (Fsp3) is 0.103. The lowest BCUT2D eigenvalue weighted by Crippen LogP contribution is -2.27. The molecule has 0 saturated heterocycles. The van der Waals surface area contributed by atoms with Crippen molar-refractivity contribution in [3.05, 3.63) is 117 Å². The molecule has 188 valence electrons. The quantitative estimate of drug-likeness (QED) is 0.291. The molecule has 0 spiro atoms. The summed E-state index contributed by atoms with van der Waals surface area (Å²) in [5.74, 6) is 7.18. The molecule has 38 heavy (non-hydrogen) atoms. The summed E-state index contributed by atoms with van der Waals surface area (Å²) >= 11 is 6.40. The number of hydrogen-bond acceptors (Lipinski definition) is 7. The van der Waals surface area contributed by atoms with Gasteiger partial charge in [0.1, 0.15) is 29.4 Å². The molecule has 0 saturated carbocycles. The van der Waals surface area contributed by atoms with Crippen molar-refractivity contribution in [1.29, 1.82) is 0 Å². The molecule has 0 aliphatic carbocycles. The van der Waals surface area contributed by atoms with Crippen LogP contribution in [-0.4, -0.2) is 24.6 Å². The Hall–Kier alpha value is -4.71. The second-order valence-corrected chi connectivity index (χ2v) is 8.94. The van der Waals surface area contributed by atoms with E-state index in [-0.39, 0.29) is 18.0 Å². The number of nitrogens with two attached hydrogens (primary N) is 1. The van der Waals surface area contributed by atoms with Crippen LogP contribution in [0.4, 0.5) is 11.6 Å². The zero-order valence-electron chi connectivity index (χ0n) is 20.4. The van der Waals surface area contributed by atoms with Crippen molar-refractivity contribution >= 4 is 34.1 Å². The van der Waals surface area contributed by atoms with E-state index in [1.165, 1.54) is 6.33 Å². The first-order chi connectivity index (χ1) is 18.5. The van der Waals surface area contributed by atoms with Gasteiger partial charge in [0.05, 0.1) is 34.3 Å². The van der Waals surface area contributed by atoms with Crippen LogP contribution < -0.4 is 16.6 Å². The Kier molecular flexibility index (Phi) is 7.05. The molecule has 0 aliphatic heterocycles. The predicted molar refractivity (Wildman–Crippen MR) is 149 cm³/mol. The molecule has 5 aromatic rings. The topological polar surface area (TPSA) is 119 Å². The number of nitrogens with zero attached hydrogens (tertiary/aromatic N) is 4. The number of fused-ring (bicyclic) bond motifs is 1. The molecule has 0 fully saturated rings. The highest BCUT2D eigenvalue weighted by atomic mass is 35.5. The Labute approximate surface area is 223 Å². The molecular formula is C29H23ClN6O2. The molecule has 5 rings (SSSR count). The number of rotatable bonds is 5. The second kappa shape index (κ2) is 10.7. The second-order valence-electron chi connectivity index (χ2n) is 8.54. The number of para-hydroxylation sites is 1. The van der Waals surface area contributed by atoms with Gasteiger partial charge < -0.3 is 16.2 Å². The maximum absolute atomic E-state index is 13.7. The molecule has 9 heteroatoms. The van der Waals surface area contributed by atoms with Crippen molar-refractivity contribution < 1.29 is 5.11 Å². The minimum atomic E-state index is -0.487. The van der Waals surface area contributed by atoms with Crippen molar-refractivity contribution in [3.63, 3.8) is 0 Å². The number of benzene rings is 3. The molecule has 0 bridgehead atoms. The summed E-state index contributed by atoms with van der Waals surface area (Å²) < 4.78 is 1.54. The fourth-order valence-corrected chi connectivity index (χ4v) is 4.36. The van der Waals surface area contributed by atoms with Gasteiger partial charge in [0.15, 0.2) is 0 Å². The van der Waals surface area contributed by atoms with E-state index < -0.39 is 6.04 Å². The number of aliphatic hydroxyl groups is 1. The molecule has 4 N–H and O–H groups in total. The normalized spacial score (nSPS) is 11.6. The van der Waals surface area contributed by atoms with Crippen LogP contribution in [0, 0.1) is 11.8 Å². The van der Waals surface area contributed by atoms with Crippen LogP contribution in [-0.2, 0) is 6.61 Å². The number of aromatic nitrogens is 4. The van der Waals surface area contributed by atoms with Crippen LogP contribution in [0.5, 0.6) is 0 Å². The van der Waals surface area contributed by atoms with Crippen molar-refractivity contribution in [2.45, 2.75) is 19.6 Å². The van der Waals surface area contributed by atoms with Gasteiger partial charge in [-0.15, -0.1) is 0 Å². The predicted octanol–water partition coefficient (Wildman–Crippen LogP) is 4.48. The minimum absolute atomic E-state index is 0.0798. The van der Waals surface area contributed by atoms with Crippen molar-refractivity contribution in [1.82, 2.24) is 19.5 Å². The number of aliphatic hydroxyl groups excluding tert-OH is 1. The van der Waals surface area contributed by atoms with Gasteiger partial charge in [0.25, 0.3) is 5.56 Å². The standard InChI is InChI=1S/C29H23ClN6O2/c1-18(34-27-22(26(31)32-17-33-27)14-13-19-7-5-8-20(15-19)16-37)28-35-24-12-6-11-23(30)25(24)29(38)36(28)21-9-3-2-4-10-21/h2-12,15,17-18,37H,16H2,1H3,(H3,31,32,33,34). The van der Waals surface area contributed by atoms with Crippen LogP contribution in [0.3, 0.4) is 0 Å². The largest absolute Gasteiger partial charge is 0.392 e. The van der Waals surface area contributed by atoms with E-state index in [4.69, 9.17) is 22.3 Å². The Morgan fingerprint density at radius 2 is 1.84 bits per heavy atom. The van der Waals surface area contributed by atoms with E-state index in [0.29, 0.717) is 44.4 Å². The monoisotopic (exact) mass is 522 g/mol. The summed E-state index contributed by atoms with van der Waals surface area (Å²) in [6.07, 6.45) is 1.35. The summed E-state index contributed by atoms with van der Waals surface area (Å²) in [7, 11) is 0. The molecule has 0 amide bonds. The molecular weight excluding hydrogens is 500 g/mol. The summed E-state index contributed by atoms with van der Waals surface area (Å²) in [6.45, 7) is 1.79. The first kappa shape index (κ1) is 25.0. The molecule has 2 aromatic heterocycles. The van der Waals surface area contributed by atoms with Crippen LogP contribution >= 0.6 is 11.6 Å². The number of halogens is 1. The molecule has 1 atom stereocenters. The third-order valence-corrected chi connectivity index (χ3v) is 6.26. The van der Waals surface area contributed by atoms with E-state index in [2.05, 4.69) is 27.1 Å². The van der Waals surface area contributed by atoms with E-state index in [9.17, 15) is 9.90 Å². The lowest BCUT2D eigenvalue weighted by molar-refractivity contribution is 0.282. The van der Waals surface area contributed by atoms with Gasteiger partial charge in [0.2, 0.25) is 0 Å². The number of hydrogen-bond donors (Lipinski definition) is 3. The average Bonchev–Trinajstić information content (AvgIpc) is 2.93. The Bertz CT molecular complexity index is 1760. The van der Waals surface area contributed by atoms with Crippen LogP contribution in [0.1, 0.15) is 35.5 Å². The van der Waals surface area contributed by atoms with Crippen molar-refractivity contribution in [3.8, 4) is 17.5 Å². The third kappa shape index (κ3) is 4.93. The highest BCUT2D eigenvalue weighted by molar-refractivity contribution is 6.35. The van der Waals surface area contributed by atoms with Crippen LogP contribution in [0.25, 0.3) is 16.6 Å². The van der Waals surface area contributed by atoms with Gasteiger partial charge in [-0.3, -0.25) is 9.36 Å². The molecule has 1 unspecified atom stereocenters. The Morgan fingerprint density at radius 3 is 2.63 bits per heavy atom. The van der Waals surface area contributed by atoms with E-state index in [1.54, 1.807) is 28.8 Å². The first-order valence-electron chi connectivity index (χ1n) is 11.8. The minimum Gasteiger partial charge on any atom is -0.392 e. The van der Waals surface area contributed by atoms with Gasteiger partial charge in [0, 0.05) is 5.56 Å². The van der Waals surface area contributed by atoms with E-state index >= 15 is 0 Å². The smallest absolute Gasteiger partial charge is 0.267 e. The van der Waals surface area contributed by atoms with Gasteiger partial charge in [-0.2, -0.15) is 0 Å². The summed E-state index contributed by atoms with van der Waals surface area (Å²) in [6, 6.07) is 21.2. The van der Waals surface area contributed by atoms with Gasteiger partial charge >= 0.3 is 0 Å². The first-order valence-corrected chi connectivity index (χ1v) is 12.2. The summed E-state index contributed by atoms with van der Waals surface area (Å²) in [4.78, 5) is 27.0. The van der Waals surface area contributed by atoms with Crippen LogP contribution in [0.15, 0.2) is 83.9 Å². The fourth-order valence-electron chi connectivity index (χ4n) is 4.11. The Morgan fingerprint density at radius 1 is 1.05 bits per heavy atom. The summed E-state index contributed by atoms with van der Waals surface area (Å²) in [5.41, 5.74) is 8.91. The molecule has 8 nitrogen and oxygen atoms in total. The average molecular weight is 523 g/mol. The number of anilines is 2. The highest BCUT2D eigenvalue weighted by Crippen LogP contribution is 2.26. The van der Waals surface area contributed by atoms with E-state index in [0.717, 1.165) is 5.56 Å². The van der Waals surface area contributed by atoms with Crippen molar-refractivity contribution in [2.75, 3.05) is 11.1 Å². The Balaban J connectivity index is 1.60. The molecule has 3 aromatic carbocycles. The number of nitrogen functional groups attached to an aromatic ring is 1. The zero-order valence-corrected chi connectivity index (χ0v) is 21.1. The SMILES string of the molecule is CC(Nc1ncnc(N)c1C#Cc1cccc(CO)c1)c1nc2cccc(Cl)c2c(=O)n1-c1ccccc1. The molecule has 2 heterocycles. The van der Waals surface area contributed by atoms with Gasteiger partial charge in [-0.25, -0.2) is 15.0 Å². The molecule has 0 aliphatic rings.